The SMILES string of the molecule is CCC(=O)c1ccc2c(c1)C(NCC(=O)c1ccc(F)cc1)C(=O)C(C)(C)O2. The average Bonchev–Trinajstić information content (AvgIpc) is 2.67. The van der Waals surface area contributed by atoms with Crippen LogP contribution in [-0.2, 0) is 4.79 Å². The summed E-state index contributed by atoms with van der Waals surface area (Å²) in [6.45, 7) is 4.99. The van der Waals surface area contributed by atoms with E-state index < -0.39 is 17.5 Å². The van der Waals surface area contributed by atoms with Crippen molar-refractivity contribution in [3.8, 4) is 5.75 Å². The lowest BCUT2D eigenvalue weighted by atomic mass is 9.87. The van der Waals surface area contributed by atoms with Crippen LogP contribution in [0.4, 0.5) is 4.39 Å². The summed E-state index contributed by atoms with van der Waals surface area (Å²) < 4.78 is 18.9. The number of nitrogens with one attached hydrogen (secondary N) is 1. The molecule has 0 saturated heterocycles. The molecule has 1 heterocycles. The smallest absolute Gasteiger partial charge is 0.197 e. The molecule has 5 nitrogen and oxygen atoms in total. The van der Waals surface area contributed by atoms with Crippen molar-refractivity contribution in [2.75, 3.05) is 6.54 Å². The second kappa shape index (κ2) is 7.64. The molecule has 28 heavy (non-hydrogen) atoms. The van der Waals surface area contributed by atoms with Crippen LogP contribution in [-0.4, -0.2) is 29.5 Å². The summed E-state index contributed by atoms with van der Waals surface area (Å²) in [6.07, 6.45) is 0.347. The quantitative estimate of drug-likeness (QED) is 0.771. The molecule has 1 N–H and O–H groups in total. The fraction of sp³-hybridized carbons (Fsp3) is 0.318. The maximum absolute atomic E-state index is 13.0. The lowest BCUT2D eigenvalue weighted by Crippen LogP contribution is -2.50. The van der Waals surface area contributed by atoms with Gasteiger partial charge in [-0.25, -0.2) is 4.39 Å². The second-order valence-corrected chi connectivity index (χ2v) is 7.25. The van der Waals surface area contributed by atoms with Gasteiger partial charge in [-0.3, -0.25) is 19.7 Å². The molecule has 1 atom stereocenters. The van der Waals surface area contributed by atoms with Crippen molar-refractivity contribution in [2.24, 2.45) is 0 Å². The number of rotatable bonds is 6. The molecule has 0 aromatic heterocycles. The number of fused-ring (bicyclic) bond motifs is 1. The van der Waals surface area contributed by atoms with Crippen LogP contribution in [0.25, 0.3) is 0 Å². The van der Waals surface area contributed by atoms with Gasteiger partial charge in [0.2, 0.25) is 0 Å². The van der Waals surface area contributed by atoms with Gasteiger partial charge in [-0.05, 0) is 56.3 Å². The van der Waals surface area contributed by atoms with Gasteiger partial charge >= 0.3 is 0 Å². The highest BCUT2D eigenvalue weighted by Gasteiger charge is 2.42. The van der Waals surface area contributed by atoms with Crippen molar-refractivity contribution in [3.63, 3.8) is 0 Å². The fourth-order valence-corrected chi connectivity index (χ4v) is 3.19. The van der Waals surface area contributed by atoms with Gasteiger partial charge < -0.3 is 4.74 Å². The van der Waals surface area contributed by atoms with Crippen molar-refractivity contribution in [1.82, 2.24) is 5.32 Å². The number of hydrogen-bond acceptors (Lipinski definition) is 5. The normalized spacial score (nSPS) is 17.6. The Bertz CT molecular complexity index is 934. The molecule has 3 rings (SSSR count). The van der Waals surface area contributed by atoms with Crippen molar-refractivity contribution in [2.45, 2.75) is 38.8 Å². The Hall–Kier alpha value is -2.86. The van der Waals surface area contributed by atoms with Crippen LogP contribution in [0.2, 0.25) is 0 Å². The van der Waals surface area contributed by atoms with Gasteiger partial charge in [-0.1, -0.05) is 6.92 Å². The number of halogens is 1. The minimum Gasteiger partial charge on any atom is -0.480 e. The predicted molar refractivity (Wildman–Crippen MR) is 102 cm³/mol. The molecule has 2 aromatic rings. The molecule has 0 aliphatic carbocycles. The minimum absolute atomic E-state index is 0.0405. The van der Waals surface area contributed by atoms with Crippen molar-refractivity contribution >= 4 is 17.3 Å². The third-order valence-corrected chi connectivity index (χ3v) is 4.82. The monoisotopic (exact) mass is 383 g/mol. The predicted octanol–water partition coefficient (Wildman–Crippen LogP) is 3.67. The molecule has 1 aliphatic rings. The molecule has 1 unspecified atom stereocenters. The van der Waals surface area contributed by atoms with E-state index >= 15 is 0 Å². The highest BCUT2D eigenvalue weighted by atomic mass is 19.1. The summed E-state index contributed by atoms with van der Waals surface area (Å²) in [6, 6.07) is 9.46. The van der Waals surface area contributed by atoms with Crippen LogP contribution in [0.5, 0.6) is 5.75 Å². The maximum atomic E-state index is 13.0. The average molecular weight is 383 g/mol. The van der Waals surface area contributed by atoms with Gasteiger partial charge in [0.25, 0.3) is 0 Å². The van der Waals surface area contributed by atoms with Crippen molar-refractivity contribution in [1.29, 1.82) is 0 Å². The number of ketones is 3. The Morgan fingerprint density at radius 3 is 2.36 bits per heavy atom. The zero-order valence-electron chi connectivity index (χ0n) is 16.0. The van der Waals surface area contributed by atoms with Crippen LogP contribution >= 0.6 is 0 Å². The Balaban J connectivity index is 1.88. The van der Waals surface area contributed by atoms with E-state index in [1.54, 1.807) is 39.0 Å². The highest BCUT2D eigenvalue weighted by Crippen LogP contribution is 2.37. The summed E-state index contributed by atoms with van der Waals surface area (Å²) in [4.78, 5) is 37.4. The first-order valence-corrected chi connectivity index (χ1v) is 9.15. The minimum atomic E-state index is -1.07. The molecule has 0 spiro atoms. The molecular weight excluding hydrogens is 361 g/mol. The van der Waals surface area contributed by atoms with E-state index in [4.69, 9.17) is 4.74 Å². The first kappa shape index (κ1) is 19.9. The Morgan fingerprint density at radius 2 is 1.71 bits per heavy atom. The molecule has 0 amide bonds. The topological polar surface area (TPSA) is 72.5 Å². The third-order valence-electron chi connectivity index (χ3n) is 4.82. The van der Waals surface area contributed by atoms with Crippen LogP contribution in [0.15, 0.2) is 42.5 Å². The Kier molecular flexibility index (Phi) is 5.42. The number of benzene rings is 2. The molecule has 146 valence electrons. The lowest BCUT2D eigenvalue weighted by Gasteiger charge is -2.36. The van der Waals surface area contributed by atoms with Gasteiger partial charge in [0, 0.05) is 23.1 Å². The van der Waals surface area contributed by atoms with Crippen LogP contribution in [0, 0.1) is 5.82 Å². The van der Waals surface area contributed by atoms with Gasteiger partial charge in [0.15, 0.2) is 23.0 Å². The molecule has 0 fully saturated rings. The highest BCUT2D eigenvalue weighted by molar-refractivity contribution is 6.00. The molecule has 0 saturated carbocycles. The molecule has 0 bridgehead atoms. The van der Waals surface area contributed by atoms with Crippen molar-refractivity contribution in [3.05, 3.63) is 65.0 Å². The van der Waals surface area contributed by atoms with Crippen molar-refractivity contribution < 1.29 is 23.5 Å². The number of ether oxygens (including phenoxy) is 1. The van der Waals surface area contributed by atoms with E-state index in [0.29, 0.717) is 28.9 Å². The molecule has 2 aromatic carbocycles. The summed E-state index contributed by atoms with van der Waals surface area (Å²) in [5.74, 6) is -0.453. The van der Waals surface area contributed by atoms with Gasteiger partial charge in [-0.2, -0.15) is 0 Å². The number of Topliss-reactive ketones (excluding diaryl/α,β-unsaturated/α-hetero) is 3. The first-order chi connectivity index (χ1) is 13.2. The summed E-state index contributed by atoms with van der Waals surface area (Å²) in [7, 11) is 0. The van der Waals surface area contributed by atoms with Crippen LogP contribution in [0.3, 0.4) is 0 Å². The van der Waals surface area contributed by atoms with E-state index in [0.717, 1.165) is 0 Å². The van der Waals surface area contributed by atoms with E-state index in [2.05, 4.69) is 5.32 Å². The lowest BCUT2D eigenvalue weighted by molar-refractivity contribution is -0.136. The molecule has 1 aliphatic heterocycles. The van der Waals surface area contributed by atoms with E-state index in [1.807, 2.05) is 0 Å². The fourth-order valence-electron chi connectivity index (χ4n) is 3.19. The Morgan fingerprint density at radius 1 is 1.07 bits per heavy atom. The molecule has 6 heteroatoms. The second-order valence-electron chi connectivity index (χ2n) is 7.25. The molecule has 0 radical (unpaired) electrons. The largest absolute Gasteiger partial charge is 0.480 e. The Labute approximate surface area is 162 Å². The van der Waals surface area contributed by atoms with E-state index in [9.17, 15) is 18.8 Å². The summed E-state index contributed by atoms with van der Waals surface area (Å²) in [5.41, 5.74) is 0.312. The zero-order chi connectivity index (χ0) is 20.5. The number of hydrogen-bond donors (Lipinski definition) is 1. The van der Waals surface area contributed by atoms with Gasteiger partial charge in [0.1, 0.15) is 11.6 Å². The summed E-state index contributed by atoms with van der Waals surface area (Å²) in [5, 5.41) is 3.00. The van der Waals surface area contributed by atoms with E-state index in [1.165, 1.54) is 24.3 Å². The maximum Gasteiger partial charge on any atom is 0.197 e. The number of carbonyl (C=O) groups excluding carboxylic acids is 3. The van der Waals surface area contributed by atoms with Gasteiger partial charge in [-0.15, -0.1) is 0 Å². The molecular formula is C22H22FNO4. The number of carbonyl (C=O) groups is 3. The van der Waals surface area contributed by atoms with E-state index in [-0.39, 0.29) is 23.9 Å². The van der Waals surface area contributed by atoms with Gasteiger partial charge in [0.05, 0.1) is 12.6 Å². The standard InChI is InChI=1S/C22H22FNO4/c1-4-17(25)14-7-10-19-16(11-14)20(21(27)22(2,3)28-19)24-12-18(26)13-5-8-15(23)9-6-13/h5-11,20,24H,4,12H2,1-3H3. The first-order valence-electron chi connectivity index (χ1n) is 9.15. The third kappa shape index (κ3) is 3.87. The van der Waals surface area contributed by atoms with Crippen LogP contribution < -0.4 is 10.1 Å². The zero-order valence-corrected chi connectivity index (χ0v) is 16.0. The summed E-state index contributed by atoms with van der Waals surface area (Å²) >= 11 is 0. The van der Waals surface area contributed by atoms with Crippen LogP contribution in [0.1, 0.15) is 59.5 Å².